The minimum absolute atomic E-state index is 0.273. The molecule has 0 aliphatic rings. The van der Waals surface area contributed by atoms with Crippen LogP contribution in [0.25, 0.3) is 0 Å². The van der Waals surface area contributed by atoms with Crippen molar-refractivity contribution in [3.8, 4) is 0 Å². The summed E-state index contributed by atoms with van der Waals surface area (Å²) in [5.74, 6) is 0.833. The van der Waals surface area contributed by atoms with Crippen molar-refractivity contribution < 1.29 is 4.74 Å². The average Bonchev–Trinajstić information content (AvgIpc) is 2.45. The molecule has 0 bridgehead atoms. The maximum absolute atomic E-state index is 5.70. The monoisotopic (exact) mass is 337 g/mol. The molecule has 0 amide bonds. The Morgan fingerprint density at radius 1 is 1.00 bits per heavy atom. The van der Waals surface area contributed by atoms with Gasteiger partial charge in [0.1, 0.15) is 6.23 Å². The third kappa shape index (κ3) is 19.2. The maximum Gasteiger partial charge on any atom is 0.110 e. The van der Waals surface area contributed by atoms with Crippen LogP contribution < -0.4 is 0 Å². The van der Waals surface area contributed by atoms with E-state index in [1.807, 2.05) is 18.2 Å². The van der Waals surface area contributed by atoms with E-state index in [9.17, 15) is 0 Å². The van der Waals surface area contributed by atoms with E-state index in [1.165, 1.54) is 5.56 Å². The van der Waals surface area contributed by atoms with Gasteiger partial charge in [-0.05, 0) is 45.2 Å². The molecule has 0 aliphatic heterocycles. The second-order valence-corrected chi connectivity index (χ2v) is 8.13. The first-order valence-corrected chi connectivity index (χ1v) is 9.36. The molecule has 0 aromatic heterocycles. The fraction of sp³-hybridized carbons (Fsp3) is 0.727. The summed E-state index contributed by atoms with van der Waals surface area (Å²) < 4.78 is 5.70. The third-order valence-electron chi connectivity index (χ3n) is 3.08. The smallest absolute Gasteiger partial charge is 0.110 e. The van der Waals surface area contributed by atoms with Crippen LogP contribution in [0.3, 0.4) is 0 Å². The second-order valence-electron chi connectivity index (χ2n) is 8.13. The molecule has 0 N–H and O–H groups in total. The third-order valence-corrected chi connectivity index (χ3v) is 3.08. The van der Waals surface area contributed by atoms with Crippen LogP contribution in [0.15, 0.2) is 30.3 Å². The molecule has 1 aromatic carbocycles. The van der Waals surface area contributed by atoms with Gasteiger partial charge in [0.25, 0.3) is 0 Å². The van der Waals surface area contributed by atoms with Gasteiger partial charge in [0.2, 0.25) is 0 Å². The van der Waals surface area contributed by atoms with Crippen molar-refractivity contribution in [1.29, 1.82) is 0 Å². The van der Waals surface area contributed by atoms with Gasteiger partial charge in [0.05, 0.1) is 0 Å². The Morgan fingerprint density at radius 3 is 1.71 bits per heavy atom. The Balaban J connectivity index is 0. The summed E-state index contributed by atoms with van der Waals surface area (Å²) in [5.41, 5.74) is 1.66. The van der Waals surface area contributed by atoms with Crippen molar-refractivity contribution in [3.63, 3.8) is 0 Å². The standard InChI is InChI=1S/C11H25NO.C7H8.C4H10/c1-7-12(6)10(13-8-2)9-11(3,4)5;1-7-5-3-2-4-6-7;1-4(2)3/h10H,7-9H2,1-6H3;2-6H,1H3;4H,1-3H3. The fourth-order valence-corrected chi connectivity index (χ4v) is 1.80. The fourth-order valence-electron chi connectivity index (χ4n) is 1.80. The summed E-state index contributed by atoms with van der Waals surface area (Å²) in [6.07, 6.45) is 1.36. The summed E-state index contributed by atoms with van der Waals surface area (Å²) in [4.78, 5) is 2.26. The van der Waals surface area contributed by atoms with Crippen LogP contribution in [0, 0.1) is 18.3 Å². The van der Waals surface area contributed by atoms with Gasteiger partial charge in [0.15, 0.2) is 0 Å². The first-order chi connectivity index (χ1) is 11.0. The SMILES string of the molecule is CC(C)C.CCOC(CC(C)(C)C)N(C)CC.Cc1ccccc1. The van der Waals surface area contributed by atoms with E-state index in [4.69, 9.17) is 4.74 Å². The van der Waals surface area contributed by atoms with E-state index in [0.29, 0.717) is 5.41 Å². The zero-order chi connectivity index (χ0) is 19.2. The van der Waals surface area contributed by atoms with Gasteiger partial charge in [0, 0.05) is 6.61 Å². The molecule has 24 heavy (non-hydrogen) atoms. The lowest BCUT2D eigenvalue weighted by Gasteiger charge is -2.32. The predicted molar refractivity (Wildman–Crippen MR) is 109 cm³/mol. The molecule has 1 rings (SSSR count). The van der Waals surface area contributed by atoms with Gasteiger partial charge in [-0.25, -0.2) is 0 Å². The lowest BCUT2D eigenvalue weighted by molar-refractivity contribution is -0.0614. The number of benzene rings is 1. The lowest BCUT2D eigenvalue weighted by atomic mass is 9.91. The van der Waals surface area contributed by atoms with Gasteiger partial charge < -0.3 is 4.74 Å². The van der Waals surface area contributed by atoms with Gasteiger partial charge in [-0.15, -0.1) is 0 Å². The number of hydrogen-bond donors (Lipinski definition) is 0. The van der Waals surface area contributed by atoms with Crippen LogP contribution >= 0.6 is 0 Å². The predicted octanol–water partition coefficient (Wildman–Crippen LogP) is 6.39. The summed E-state index contributed by atoms with van der Waals surface area (Å²) >= 11 is 0. The van der Waals surface area contributed by atoms with Gasteiger partial charge >= 0.3 is 0 Å². The largest absolute Gasteiger partial charge is 0.363 e. The van der Waals surface area contributed by atoms with Crippen molar-refractivity contribution >= 4 is 0 Å². The first kappa shape index (κ1) is 25.4. The summed E-state index contributed by atoms with van der Waals surface area (Å²) in [7, 11) is 2.12. The van der Waals surface area contributed by atoms with Gasteiger partial charge in [-0.2, -0.15) is 0 Å². The molecule has 1 atom stereocenters. The zero-order valence-electron chi connectivity index (χ0n) is 18.0. The molecule has 142 valence electrons. The summed E-state index contributed by atoms with van der Waals surface area (Å²) in [6, 6.07) is 10.3. The van der Waals surface area contributed by atoms with Crippen LogP contribution in [0.4, 0.5) is 0 Å². The van der Waals surface area contributed by atoms with Crippen LogP contribution in [0.1, 0.15) is 67.4 Å². The molecule has 2 heteroatoms. The highest BCUT2D eigenvalue weighted by Gasteiger charge is 2.21. The Hall–Kier alpha value is -0.860. The highest BCUT2D eigenvalue weighted by molar-refractivity contribution is 5.11. The van der Waals surface area contributed by atoms with Crippen molar-refractivity contribution in [1.82, 2.24) is 4.90 Å². The zero-order valence-corrected chi connectivity index (χ0v) is 18.0. The summed E-state index contributed by atoms with van der Waals surface area (Å²) in [5, 5.41) is 0. The molecule has 1 unspecified atom stereocenters. The van der Waals surface area contributed by atoms with Crippen molar-refractivity contribution in [3.05, 3.63) is 35.9 Å². The summed E-state index contributed by atoms with van der Waals surface area (Å²) in [6.45, 7) is 21.4. The highest BCUT2D eigenvalue weighted by atomic mass is 16.5. The van der Waals surface area contributed by atoms with Crippen molar-refractivity contribution in [2.75, 3.05) is 20.2 Å². The molecule has 0 spiro atoms. The maximum atomic E-state index is 5.70. The van der Waals surface area contributed by atoms with Crippen LogP contribution in [-0.2, 0) is 4.74 Å². The van der Waals surface area contributed by atoms with E-state index in [0.717, 1.165) is 25.5 Å². The molecule has 0 fully saturated rings. The lowest BCUT2D eigenvalue weighted by Crippen LogP contribution is -2.37. The second kappa shape index (κ2) is 14.5. The Labute approximate surface area is 152 Å². The van der Waals surface area contributed by atoms with Crippen LogP contribution in [-0.4, -0.2) is 31.3 Å². The molecule has 1 aromatic rings. The normalized spacial score (nSPS) is 12.2. The van der Waals surface area contributed by atoms with Crippen LogP contribution in [0.5, 0.6) is 0 Å². The van der Waals surface area contributed by atoms with E-state index in [2.05, 4.69) is 86.4 Å². The Kier molecular flexibility index (Phi) is 15.3. The van der Waals surface area contributed by atoms with Crippen molar-refractivity contribution in [2.24, 2.45) is 11.3 Å². The minimum Gasteiger partial charge on any atom is -0.363 e. The number of aryl methyl sites for hydroxylation is 1. The van der Waals surface area contributed by atoms with Crippen LogP contribution in [0.2, 0.25) is 0 Å². The van der Waals surface area contributed by atoms with Gasteiger partial charge in [-0.3, -0.25) is 4.90 Å². The molecule has 0 saturated heterocycles. The van der Waals surface area contributed by atoms with E-state index in [-0.39, 0.29) is 6.23 Å². The topological polar surface area (TPSA) is 12.5 Å². The molecule has 0 radical (unpaired) electrons. The molecule has 0 aliphatic carbocycles. The number of rotatable bonds is 5. The quantitative estimate of drug-likeness (QED) is 0.577. The van der Waals surface area contributed by atoms with E-state index < -0.39 is 0 Å². The highest BCUT2D eigenvalue weighted by Crippen LogP contribution is 2.23. The Bertz CT molecular complexity index is 365. The number of nitrogens with zero attached hydrogens (tertiary/aromatic N) is 1. The minimum atomic E-state index is 0.273. The molecular weight excluding hydrogens is 294 g/mol. The molecule has 0 saturated carbocycles. The Morgan fingerprint density at radius 2 is 1.46 bits per heavy atom. The van der Waals surface area contributed by atoms with E-state index in [1.54, 1.807) is 0 Å². The van der Waals surface area contributed by atoms with Gasteiger partial charge in [-0.1, -0.05) is 84.4 Å². The van der Waals surface area contributed by atoms with E-state index >= 15 is 0 Å². The number of hydrogen-bond acceptors (Lipinski definition) is 2. The molecule has 2 nitrogen and oxygen atoms in total. The first-order valence-electron chi connectivity index (χ1n) is 9.36. The average molecular weight is 338 g/mol. The molecule has 0 heterocycles. The van der Waals surface area contributed by atoms with Crippen molar-refractivity contribution in [2.45, 2.75) is 75.0 Å². The molecular formula is C22H43NO. The number of ether oxygens (including phenoxy) is 1.